The van der Waals surface area contributed by atoms with Crippen molar-refractivity contribution in [2.24, 2.45) is 0 Å². The molecule has 0 saturated heterocycles. The number of likely N-dealkylation sites (N-methyl/N-ethyl adjacent to an activating group) is 1. The van der Waals surface area contributed by atoms with Crippen LogP contribution < -0.4 is 10.2 Å². The van der Waals surface area contributed by atoms with Gasteiger partial charge in [0.25, 0.3) is 0 Å². The molecule has 8 heteroatoms. The summed E-state index contributed by atoms with van der Waals surface area (Å²) in [5, 5.41) is 4.52. The van der Waals surface area contributed by atoms with Gasteiger partial charge in [0.2, 0.25) is 5.91 Å². The summed E-state index contributed by atoms with van der Waals surface area (Å²) in [4.78, 5) is 25.4. The summed E-state index contributed by atoms with van der Waals surface area (Å²) in [5.74, 6) is 0.465. The lowest BCUT2D eigenvalue weighted by molar-refractivity contribution is -0.114. The Kier molecular flexibility index (Phi) is 5.90. The maximum Gasteiger partial charge on any atom is 0.244 e. The second-order valence-electron chi connectivity index (χ2n) is 6.80. The number of nitrogens with one attached hydrogen (secondary N) is 1. The Morgan fingerprint density at radius 1 is 1.07 bits per heavy atom. The van der Waals surface area contributed by atoms with Crippen LogP contribution >= 0.6 is 34.5 Å². The first-order valence-corrected chi connectivity index (χ1v) is 10.8. The third-order valence-electron chi connectivity index (χ3n) is 4.71. The monoisotopic (exact) mass is 456 g/mol. The first-order chi connectivity index (χ1) is 14.5. The van der Waals surface area contributed by atoms with E-state index in [0.717, 1.165) is 26.2 Å². The van der Waals surface area contributed by atoms with Crippen molar-refractivity contribution in [2.75, 3.05) is 23.8 Å². The number of amides is 1. The average molecular weight is 457 g/mol. The van der Waals surface area contributed by atoms with Crippen LogP contribution in [0.5, 0.6) is 0 Å². The number of anilines is 2. The first-order valence-electron chi connectivity index (χ1n) is 9.20. The number of hydrogen-bond acceptors (Lipinski definition) is 5. The number of hydrogen-bond donors (Lipinski definition) is 1. The molecule has 0 atom stereocenters. The van der Waals surface area contributed by atoms with Gasteiger partial charge in [0.05, 0.1) is 27.7 Å². The summed E-state index contributed by atoms with van der Waals surface area (Å²) >= 11 is 13.9. The van der Waals surface area contributed by atoms with Crippen molar-refractivity contribution in [1.29, 1.82) is 0 Å². The zero-order valence-electron chi connectivity index (χ0n) is 16.3. The zero-order chi connectivity index (χ0) is 21.3. The predicted octanol–water partition coefficient (Wildman–Crippen LogP) is 6.05. The van der Waals surface area contributed by atoms with E-state index in [-0.39, 0.29) is 12.5 Å². The van der Waals surface area contributed by atoms with Crippen LogP contribution in [0, 0.1) is 6.92 Å². The summed E-state index contributed by atoms with van der Waals surface area (Å²) in [6, 6.07) is 15.3. The summed E-state index contributed by atoms with van der Waals surface area (Å²) in [5.41, 5.74) is 2.64. The molecule has 0 aliphatic rings. The molecule has 2 heterocycles. The second kappa shape index (κ2) is 8.60. The number of para-hydroxylation sites is 1. The van der Waals surface area contributed by atoms with E-state index in [9.17, 15) is 4.79 Å². The van der Waals surface area contributed by atoms with Crippen LogP contribution in [-0.4, -0.2) is 29.5 Å². The summed E-state index contributed by atoms with van der Waals surface area (Å²) in [6.07, 6.45) is 1.53. The van der Waals surface area contributed by atoms with E-state index in [1.807, 2.05) is 25.2 Å². The van der Waals surface area contributed by atoms with Crippen LogP contribution in [0.25, 0.3) is 20.7 Å². The third-order valence-corrected chi connectivity index (χ3v) is 6.59. The Morgan fingerprint density at radius 2 is 1.77 bits per heavy atom. The van der Waals surface area contributed by atoms with Crippen molar-refractivity contribution in [3.63, 3.8) is 0 Å². The summed E-state index contributed by atoms with van der Waals surface area (Å²) in [7, 11) is 1.83. The van der Waals surface area contributed by atoms with Gasteiger partial charge in [-0.25, -0.2) is 9.97 Å². The Bertz CT molecular complexity index is 1210. The molecule has 4 aromatic rings. The molecular weight excluding hydrogens is 439 g/mol. The molecule has 0 spiro atoms. The summed E-state index contributed by atoms with van der Waals surface area (Å²) < 4.78 is 0. The lowest BCUT2D eigenvalue weighted by Gasteiger charge is -2.19. The maximum absolute atomic E-state index is 12.6. The number of aromatic nitrogens is 2. The first kappa shape index (κ1) is 20.6. The van der Waals surface area contributed by atoms with Gasteiger partial charge in [0, 0.05) is 11.9 Å². The molecular formula is C22H18Cl2N4OS. The highest BCUT2D eigenvalue weighted by molar-refractivity contribution is 7.22. The van der Waals surface area contributed by atoms with Gasteiger partial charge in [-0.05, 0) is 30.2 Å². The molecule has 152 valence electrons. The fourth-order valence-corrected chi connectivity index (χ4v) is 4.93. The van der Waals surface area contributed by atoms with E-state index in [2.05, 4.69) is 34.3 Å². The largest absolute Gasteiger partial charge is 0.350 e. The Hall–Kier alpha value is -2.67. The molecule has 0 unspecified atom stereocenters. The normalized spacial score (nSPS) is 10.9. The number of aryl methyl sites for hydroxylation is 1. The number of rotatable bonds is 5. The van der Waals surface area contributed by atoms with Gasteiger partial charge in [-0.2, -0.15) is 0 Å². The standard InChI is InChI=1S/C22H18Cl2N4OS/c1-13-18-21(25-12-26-22(18)30-20(13)14-7-4-3-5-8-14)28(2)11-17(29)27-19-15(23)9-6-10-16(19)24/h3-10,12H,11H2,1-2H3,(H,27,29). The molecule has 4 rings (SSSR count). The Morgan fingerprint density at radius 3 is 2.47 bits per heavy atom. The fraction of sp³-hybridized carbons (Fsp3) is 0.136. The molecule has 1 amide bonds. The van der Waals surface area contributed by atoms with Crippen molar-refractivity contribution in [3.05, 3.63) is 70.5 Å². The number of fused-ring (bicyclic) bond motifs is 1. The SMILES string of the molecule is Cc1c(-c2ccccc2)sc2ncnc(N(C)CC(=O)Nc3c(Cl)cccc3Cl)c12. The molecule has 2 aromatic carbocycles. The number of thiophene rings is 1. The van der Waals surface area contributed by atoms with E-state index < -0.39 is 0 Å². The lowest BCUT2D eigenvalue weighted by Crippen LogP contribution is -2.31. The Labute approximate surface area is 188 Å². The van der Waals surface area contributed by atoms with Gasteiger partial charge in [0.1, 0.15) is 17.0 Å². The van der Waals surface area contributed by atoms with Crippen LogP contribution in [0.2, 0.25) is 10.0 Å². The van der Waals surface area contributed by atoms with Gasteiger partial charge >= 0.3 is 0 Å². The van der Waals surface area contributed by atoms with E-state index in [0.29, 0.717) is 21.6 Å². The highest BCUT2D eigenvalue weighted by atomic mass is 35.5. The average Bonchev–Trinajstić information content (AvgIpc) is 3.08. The molecule has 0 fully saturated rings. The van der Waals surface area contributed by atoms with E-state index in [1.165, 1.54) is 6.33 Å². The van der Waals surface area contributed by atoms with Crippen molar-refractivity contribution in [3.8, 4) is 10.4 Å². The molecule has 0 saturated carbocycles. The smallest absolute Gasteiger partial charge is 0.244 e. The number of halogens is 2. The zero-order valence-corrected chi connectivity index (χ0v) is 18.6. The van der Waals surface area contributed by atoms with Crippen LogP contribution in [0.1, 0.15) is 5.56 Å². The number of carbonyl (C=O) groups excluding carboxylic acids is 1. The van der Waals surface area contributed by atoms with Crippen LogP contribution in [-0.2, 0) is 4.79 Å². The highest BCUT2D eigenvalue weighted by Gasteiger charge is 2.19. The van der Waals surface area contributed by atoms with E-state index in [1.54, 1.807) is 34.4 Å². The molecule has 2 aromatic heterocycles. The van der Waals surface area contributed by atoms with E-state index in [4.69, 9.17) is 23.2 Å². The van der Waals surface area contributed by atoms with Crippen molar-refractivity contribution < 1.29 is 4.79 Å². The van der Waals surface area contributed by atoms with Gasteiger partial charge in [-0.1, -0.05) is 59.6 Å². The fourth-order valence-electron chi connectivity index (χ4n) is 3.29. The summed E-state index contributed by atoms with van der Waals surface area (Å²) in [6.45, 7) is 2.15. The van der Waals surface area contributed by atoms with Gasteiger partial charge in [-0.3, -0.25) is 4.79 Å². The maximum atomic E-state index is 12.6. The Balaban J connectivity index is 1.63. The minimum absolute atomic E-state index is 0.0869. The lowest BCUT2D eigenvalue weighted by atomic mass is 10.1. The minimum Gasteiger partial charge on any atom is -0.350 e. The molecule has 0 bridgehead atoms. The number of nitrogens with zero attached hydrogens (tertiary/aromatic N) is 3. The molecule has 1 N–H and O–H groups in total. The van der Waals surface area contributed by atoms with Crippen LogP contribution in [0.15, 0.2) is 54.9 Å². The molecule has 5 nitrogen and oxygen atoms in total. The molecule has 0 aliphatic heterocycles. The van der Waals surface area contributed by atoms with Gasteiger partial charge in [-0.15, -0.1) is 11.3 Å². The molecule has 0 radical (unpaired) electrons. The van der Waals surface area contributed by atoms with Crippen molar-refractivity contribution >= 4 is 62.2 Å². The number of benzene rings is 2. The van der Waals surface area contributed by atoms with Crippen molar-refractivity contribution in [2.45, 2.75) is 6.92 Å². The third kappa shape index (κ3) is 3.99. The van der Waals surface area contributed by atoms with Gasteiger partial charge < -0.3 is 10.2 Å². The molecule has 0 aliphatic carbocycles. The van der Waals surface area contributed by atoms with Crippen LogP contribution in [0.3, 0.4) is 0 Å². The number of carbonyl (C=O) groups is 1. The van der Waals surface area contributed by atoms with E-state index >= 15 is 0 Å². The minimum atomic E-state index is -0.240. The van der Waals surface area contributed by atoms with Gasteiger partial charge in [0.15, 0.2) is 0 Å². The highest BCUT2D eigenvalue weighted by Crippen LogP contribution is 2.40. The topological polar surface area (TPSA) is 58.1 Å². The predicted molar refractivity (Wildman–Crippen MR) is 126 cm³/mol. The van der Waals surface area contributed by atoms with Crippen LogP contribution in [0.4, 0.5) is 11.5 Å². The molecule has 30 heavy (non-hydrogen) atoms. The second-order valence-corrected chi connectivity index (χ2v) is 8.61. The van der Waals surface area contributed by atoms with Crippen molar-refractivity contribution in [1.82, 2.24) is 9.97 Å². The quantitative estimate of drug-likeness (QED) is 0.397.